The Hall–Kier alpha value is -5.19. The number of ether oxygens (including phenoxy) is 1. The maximum atomic E-state index is 6.49. The number of fused-ring (bicyclic) bond motifs is 4. The molecule has 1 aromatic heterocycles. The summed E-state index contributed by atoms with van der Waals surface area (Å²) in [5.41, 5.74) is 11.0. The molecule has 8 rings (SSSR count). The maximum absolute atomic E-state index is 6.49. The van der Waals surface area contributed by atoms with Crippen LogP contribution in [0.4, 0.5) is 11.4 Å². The smallest absolute Gasteiger partial charge is 0.133 e. The van der Waals surface area contributed by atoms with Crippen molar-refractivity contribution in [2.45, 2.75) is 44.6 Å². The van der Waals surface area contributed by atoms with Crippen LogP contribution in [0.3, 0.4) is 0 Å². The fourth-order valence-corrected chi connectivity index (χ4v) is 8.04. The third-order valence-corrected chi connectivity index (χ3v) is 11.4. The molecule has 0 unspecified atom stereocenters. The van der Waals surface area contributed by atoms with E-state index < -0.39 is 0 Å². The highest BCUT2D eigenvalue weighted by atomic mass is 32.1. The Kier molecular flexibility index (Phi) is 8.50. The van der Waals surface area contributed by atoms with Crippen LogP contribution >= 0.6 is 12.6 Å². The molecule has 3 nitrogen and oxygen atoms in total. The summed E-state index contributed by atoms with van der Waals surface area (Å²) in [7, 11) is 0. The van der Waals surface area contributed by atoms with E-state index in [2.05, 4.69) is 176 Å². The van der Waals surface area contributed by atoms with Crippen molar-refractivity contribution in [1.82, 2.24) is 4.57 Å². The van der Waals surface area contributed by atoms with Gasteiger partial charge in [-0.2, -0.15) is 0 Å². The highest BCUT2D eigenvalue weighted by Crippen LogP contribution is 2.47. The van der Waals surface area contributed by atoms with Gasteiger partial charge in [0.2, 0.25) is 0 Å². The van der Waals surface area contributed by atoms with Crippen LogP contribution in [0, 0.1) is 5.41 Å². The number of hydrogen-bond acceptors (Lipinski definition) is 3. The van der Waals surface area contributed by atoms with Gasteiger partial charge in [0.05, 0.1) is 11.0 Å². The molecular formula is C46H42N2OS. The first kappa shape index (κ1) is 32.0. The third-order valence-electron chi connectivity index (χ3n) is 11.0. The Balaban J connectivity index is 1.07. The second-order valence-electron chi connectivity index (χ2n) is 13.7. The number of rotatable bonds is 7. The van der Waals surface area contributed by atoms with Gasteiger partial charge in [-0.15, -0.1) is 12.6 Å². The van der Waals surface area contributed by atoms with Crippen molar-refractivity contribution in [1.29, 1.82) is 0 Å². The number of aromatic nitrogens is 1. The molecule has 0 bridgehead atoms. The maximum Gasteiger partial charge on any atom is 0.133 e. The Morgan fingerprint density at radius 1 is 0.740 bits per heavy atom. The lowest BCUT2D eigenvalue weighted by atomic mass is 9.72. The van der Waals surface area contributed by atoms with E-state index in [1.54, 1.807) is 0 Å². The second-order valence-corrected chi connectivity index (χ2v) is 14.2. The number of benzene rings is 6. The molecule has 2 atom stereocenters. The topological polar surface area (TPSA) is 17.4 Å². The van der Waals surface area contributed by atoms with Gasteiger partial charge in [-0.05, 0) is 110 Å². The van der Waals surface area contributed by atoms with E-state index in [1.807, 2.05) is 6.07 Å². The molecule has 0 N–H and O–H groups in total. The molecule has 50 heavy (non-hydrogen) atoms. The highest BCUT2D eigenvalue weighted by molar-refractivity contribution is 7.80. The molecule has 6 aromatic carbocycles. The van der Waals surface area contributed by atoms with Crippen molar-refractivity contribution in [2.75, 3.05) is 11.5 Å². The fraction of sp³-hybridized carbons (Fsp3) is 0.174. The number of aryl methyl sites for hydroxylation is 1. The largest absolute Gasteiger partial charge is 0.488 e. The minimum atomic E-state index is -0.0573. The standard InChI is InChI=1S/C46H42N2OS/c1-32(46(3)28-26-34-14-10-12-20-41(34)47(33(46)2)37-15-6-4-7-16-37)27-29-49-44-31-36(23-25-45(44)50)35-22-24-43-40(30-35)39-19-11-13-21-42(39)48(43)38-17-8-5-9-18-38/h4-25,27,30-31,33,50H,26,28-29H2,1-3H3/b32-27+/t33-,46+/m1/s1. The van der Waals surface area contributed by atoms with Gasteiger partial charge >= 0.3 is 0 Å². The van der Waals surface area contributed by atoms with E-state index in [0.29, 0.717) is 6.61 Å². The van der Waals surface area contributed by atoms with Crippen LogP contribution in [0.2, 0.25) is 0 Å². The van der Waals surface area contributed by atoms with Crippen LogP contribution in [0.25, 0.3) is 38.6 Å². The average Bonchev–Trinajstić information content (AvgIpc) is 3.43. The second kappa shape index (κ2) is 13.3. The predicted octanol–water partition coefficient (Wildman–Crippen LogP) is 12.2. The van der Waals surface area contributed by atoms with E-state index in [0.717, 1.165) is 40.3 Å². The number of nitrogens with zero attached hydrogens (tertiary/aromatic N) is 2. The van der Waals surface area contributed by atoms with Gasteiger partial charge in [0.25, 0.3) is 0 Å². The quantitative estimate of drug-likeness (QED) is 0.134. The van der Waals surface area contributed by atoms with Gasteiger partial charge in [-0.1, -0.05) is 97.4 Å². The van der Waals surface area contributed by atoms with Crippen molar-refractivity contribution >= 4 is 45.8 Å². The summed E-state index contributed by atoms with van der Waals surface area (Å²) in [4.78, 5) is 3.37. The number of para-hydroxylation sites is 4. The van der Waals surface area contributed by atoms with Crippen molar-refractivity contribution < 1.29 is 4.74 Å². The molecule has 1 aliphatic rings. The first-order valence-electron chi connectivity index (χ1n) is 17.6. The fourth-order valence-electron chi connectivity index (χ4n) is 7.84. The summed E-state index contributed by atoms with van der Waals surface area (Å²) < 4.78 is 8.84. The minimum absolute atomic E-state index is 0.0573. The molecule has 4 heteroatoms. The van der Waals surface area contributed by atoms with Crippen molar-refractivity contribution in [2.24, 2.45) is 5.41 Å². The molecule has 0 saturated carbocycles. The lowest BCUT2D eigenvalue weighted by molar-refractivity contribution is 0.300. The molecule has 2 heterocycles. The molecule has 0 saturated heterocycles. The first-order valence-corrected chi connectivity index (χ1v) is 18.0. The summed E-state index contributed by atoms with van der Waals surface area (Å²) in [6.07, 6.45) is 4.37. The molecule has 0 amide bonds. The van der Waals surface area contributed by atoms with Crippen LogP contribution < -0.4 is 9.64 Å². The van der Waals surface area contributed by atoms with Crippen LogP contribution in [-0.2, 0) is 6.42 Å². The molecule has 0 aliphatic carbocycles. The molecule has 1 aliphatic heterocycles. The lowest BCUT2D eigenvalue weighted by Gasteiger charge is -2.43. The molecule has 0 spiro atoms. The van der Waals surface area contributed by atoms with Crippen molar-refractivity contribution in [3.8, 4) is 22.6 Å². The van der Waals surface area contributed by atoms with E-state index in [-0.39, 0.29) is 11.5 Å². The Bertz CT molecular complexity index is 2340. The van der Waals surface area contributed by atoms with Crippen molar-refractivity contribution in [3.63, 3.8) is 0 Å². The van der Waals surface area contributed by atoms with Crippen LogP contribution in [0.5, 0.6) is 5.75 Å². The van der Waals surface area contributed by atoms with Gasteiger partial charge < -0.3 is 14.2 Å². The van der Waals surface area contributed by atoms with Crippen LogP contribution in [0.15, 0.2) is 162 Å². The summed E-state index contributed by atoms with van der Waals surface area (Å²) in [6, 6.07) is 52.2. The number of hydrogen-bond donors (Lipinski definition) is 1. The minimum Gasteiger partial charge on any atom is -0.488 e. The van der Waals surface area contributed by atoms with Gasteiger partial charge in [0.15, 0.2) is 0 Å². The zero-order chi connectivity index (χ0) is 34.2. The van der Waals surface area contributed by atoms with Gasteiger partial charge in [0.1, 0.15) is 12.4 Å². The molecule has 7 aromatic rings. The van der Waals surface area contributed by atoms with E-state index in [4.69, 9.17) is 17.4 Å². The molecular weight excluding hydrogens is 629 g/mol. The summed E-state index contributed by atoms with van der Waals surface area (Å²) in [5.74, 6) is 0.791. The summed E-state index contributed by atoms with van der Waals surface area (Å²) >= 11 is 4.81. The summed E-state index contributed by atoms with van der Waals surface area (Å²) in [6.45, 7) is 7.54. The predicted molar refractivity (Wildman–Crippen MR) is 214 cm³/mol. The molecule has 248 valence electrons. The van der Waals surface area contributed by atoms with E-state index in [1.165, 1.54) is 44.3 Å². The number of thiol groups is 1. The molecule has 0 radical (unpaired) electrons. The van der Waals surface area contributed by atoms with Gasteiger partial charge in [-0.25, -0.2) is 0 Å². The zero-order valence-electron chi connectivity index (χ0n) is 28.9. The first-order chi connectivity index (χ1) is 24.4. The monoisotopic (exact) mass is 670 g/mol. The van der Waals surface area contributed by atoms with Gasteiger partial charge in [-0.3, -0.25) is 0 Å². The van der Waals surface area contributed by atoms with Crippen LogP contribution in [-0.4, -0.2) is 17.2 Å². The average molecular weight is 671 g/mol. The third kappa shape index (κ3) is 5.68. The van der Waals surface area contributed by atoms with Crippen molar-refractivity contribution in [3.05, 3.63) is 163 Å². The van der Waals surface area contributed by atoms with Gasteiger partial charge in [0, 0.05) is 44.2 Å². The Labute approximate surface area is 300 Å². The number of anilines is 2. The highest BCUT2D eigenvalue weighted by Gasteiger charge is 2.40. The Morgan fingerprint density at radius 3 is 2.18 bits per heavy atom. The SMILES string of the molecule is C/C(=C\COc1cc(-c2ccc3c(c2)c2ccccc2n3-c2ccccc2)ccc1S)[C@]1(C)CCc2ccccc2N(c2ccccc2)[C@@H]1C. The zero-order valence-corrected chi connectivity index (χ0v) is 29.8. The van der Waals surface area contributed by atoms with E-state index in [9.17, 15) is 0 Å². The Morgan fingerprint density at radius 2 is 1.38 bits per heavy atom. The van der Waals surface area contributed by atoms with Crippen LogP contribution in [0.1, 0.15) is 32.8 Å². The summed E-state index contributed by atoms with van der Waals surface area (Å²) in [5, 5.41) is 2.47. The normalized spacial score (nSPS) is 17.9. The van der Waals surface area contributed by atoms with E-state index >= 15 is 0 Å². The lowest BCUT2D eigenvalue weighted by Crippen LogP contribution is -2.42. The molecule has 0 fully saturated rings.